The molecule has 0 amide bonds. The van der Waals surface area contributed by atoms with E-state index in [1.165, 1.54) is 11.1 Å². The van der Waals surface area contributed by atoms with Gasteiger partial charge in [0.2, 0.25) is 0 Å². The van der Waals surface area contributed by atoms with Crippen LogP contribution in [0.15, 0.2) is 42.5 Å². The Labute approximate surface area is 115 Å². The summed E-state index contributed by atoms with van der Waals surface area (Å²) in [4.78, 5) is 0. The fourth-order valence-corrected chi connectivity index (χ4v) is 2.36. The third kappa shape index (κ3) is 2.73. The average molecular weight is 256 g/mol. The van der Waals surface area contributed by atoms with Crippen LogP contribution in [0, 0.1) is 0 Å². The van der Waals surface area contributed by atoms with E-state index in [-0.39, 0.29) is 0 Å². The van der Waals surface area contributed by atoms with E-state index in [9.17, 15) is 0 Å². The van der Waals surface area contributed by atoms with Gasteiger partial charge in [0.1, 0.15) is 11.5 Å². The lowest BCUT2D eigenvalue weighted by molar-refractivity contribution is 0.408. The van der Waals surface area contributed by atoms with Crippen LogP contribution in [0.3, 0.4) is 0 Å². The molecule has 0 aliphatic rings. The third-order valence-electron chi connectivity index (χ3n) is 3.24. The normalized spacial score (nSPS) is 10.6. The van der Waals surface area contributed by atoms with Crippen LogP contribution < -0.4 is 9.47 Å². The van der Waals surface area contributed by atoms with E-state index in [1.54, 1.807) is 14.2 Å². The van der Waals surface area contributed by atoms with Gasteiger partial charge in [0, 0.05) is 5.56 Å². The zero-order valence-electron chi connectivity index (χ0n) is 11.9. The van der Waals surface area contributed by atoms with Crippen molar-refractivity contribution in [2.24, 2.45) is 0 Å². The summed E-state index contributed by atoms with van der Waals surface area (Å²) >= 11 is 0. The molecule has 0 aromatic heterocycles. The molecule has 0 aliphatic carbocycles. The van der Waals surface area contributed by atoms with Gasteiger partial charge in [-0.15, -0.1) is 0 Å². The summed E-state index contributed by atoms with van der Waals surface area (Å²) in [6.45, 7) is 4.36. The van der Waals surface area contributed by atoms with E-state index in [0.29, 0.717) is 5.92 Å². The number of methoxy groups -OCH3 is 2. The molecule has 0 fully saturated rings. The van der Waals surface area contributed by atoms with Crippen LogP contribution in [0.1, 0.15) is 25.3 Å². The van der Waals surface area contributed by atoms with Gasteiger partial charge in [0.25, 0.3) is 0 Å². The number of hydrogen-bond acceptors (Lipinski definition) is 2. The van der Waals surface area contributed by atoms with Crippen LogP contribution in [-0.2, 0) is 0 Å². The van der Waals surface area contributed by atoms with Gasteiger partial charge in [-0.05, 0) is 35.2 Å². The summed E-state index contributed by atoms with van der Waals surface area (Å²) in [6, 6.07) is 14.3. The van der Waals surface area contributed by atoms with Gasteiger partial charge in [-0.3, -0.25) is 0 Å². The lowest BCUT2D eigenvalue weighted by Gasteiger charge is -2.17. The molecule has 0 saturated carbocycles. The van der Waals surface area contributed by atoms with Gasteiger partial charge in [0.15, 0.2) is 0 Å². The Morgan fingerprint density at radius 2 is 1.63 bits per heavy atom. The smallest absolute Gasteiger partial charge is 0.122 e. The molecule has 0 saturated heterocycles. The fraction of sp³-hybridized carbons (Fsp3) is 0.294. The monoisotopic (exact) mass is 256 g/mol. The topological polar surface area (TPSA) is 18.5 Å². The van der Waals surface area contributed by atoms with Crippen molar-refractivity contribution in [2.75, 3.05) is 14.2 Å². The van der Waals surface area contributed by atoms with E-state index >= 15 is 0 Å². The Morgan fingerprint density at radius 3 is 2.26 bits per heavy atom. The SMILES string of the molecule is COc1cccc(-c2cccc(OC)c2C(C)C)c1. The second-order valence-corrected chi connectivity index (χ2v) is 4.81. The van der Waals surface area contributed by atoms with E-state index in [1.807, 2.05) is 24.3 Å². The summed E-state index contributed by atoms with van der Waals surface area (Å²) in [5.74, 6) is 2.21. The van der Waals surface area contributed by atoms with Gasteiger partial charge < -0.3 is 9.47 Å². The summed E-state index contributed by atoms with van der Waals surface area (Å²) in [5.41, 5.74) is 3.59. The Kier molecular flexibility index (Phi) is 4.10. The molecular formula is C17H20O2. The Hall–Kier alpha value is -1.96. The van der Waals surface area contributed by atoms with Crippen LogP contribution in [0.4, 0.5) is 0 Å². The Morgan fingerprint density at radius 1 is 0.895 bits per heavy atom. The number of ether oxygens (including phenoxy) is 2. The number of hydrogen-bond donors (Lipinski definition) is 0. The quantitative estimate of drug-likeness (QED) is 0.802. The van der Waals surface area contributed by atoms with Crippen molar-refractivity contribution in [1.82, 2.24) is 0 Å². The molecule has 2 heteroatoms. The summed E-state index contributed by atoms with van der Waals surface area (Å²) in [7, 11) is 3.41. The molecule has 100 valence electrons. The van der Waals surface area contributed by atoms with Crippen LogP contribution in [0.5, 0.6) is 11.5 Å². The molecule has 0 aliphatic heterocycles. The van der Waals surface area contributed by atoms with E-state index < -0.39 is 0 Å². The first-order valence-electron chi connectivity index (χ1n) is 6.48. The minimum Gasteiger partial charge on any atom is -0.497 e. The molecule has 2 nitrogen and oxygen atoms in total. The van der Waals surface area contributed by atoms with E-state index in [0.717, 1.165) is 17.1 Å². The van der Waals surface area contributed by atoms with E-state index in [2.05, 4.69) is 32.0 Å². The number of rotatable bonds is 4. The molecule has 2 rings (SSSR count). The highest BCUT2D eigenvalue weighted by Crippen LogP contribution is 2.36. The molecule has 0 spiro atoms. The van der Waals surface area contributed by atoms with Crippen molar-refractivity contribution < 1.29 is 9.47 Å². The standard InChI is InChI=1S/C17H20O2/c1-12(2)17-15(9-6-10-16(17)19-4)13-7-5-8-14(11-13)18-3/h5-12H,1-4H3. The molecule has 0 heterocycles. The molecule has 0 unspecified atom stereocenters. The summed E-state index contributed by atoms with van der Waals surface area (Å²) in [5, 5.41) is 0. The Bertz CT molecular complexity index is 559. The Balaban J connectivity index is 2.60. The van der Waals surface area contributed by atoms with Crippen LogP contribution in [0.25, 0.3) is 11.1 Å². The highest BCUT2D eigenvalue weighted by atomic mass is 16.5. The maximum absolute atomic E-state index is 5.49. The molecule has 2 aromatic rings. The first kappa shape index (κ1) is 13.5. The minimum atomic E-state index is 0.400. The summed E-state index contributed by atoms with van der Waals surface area (Å²) in [6.07, 6.45) is 0. The number of benzene rings is 2. The first-order valence-corrected chi connectivity index (χ1v) is 6.48. The predicted octanol–water partition coefficient (Wildman–Crippen LogP) is 4.49. The lowest BCUT2D eigenvalue weighted by Crippen LogP contribution is -1.97. The maximum Gasteiger partial charge on any atom is 0.122 e. The van der Waals surface area contributed by atoms with Gasteiger partial charge >= 0.3 is 0 Å². The zero-order valence-corrected chi connectivity index (χ0v) is 11.9. The first-order chi connectivity index (χ1) is 9.17. The van der Waals surface area contributed by atoms with Crippen LogP contribution in [0.2, 0.25) is 0 Å². The largest absolute Gasteiger partial charge is 0.497 e. The highest BCUT2D eigenvalue weighted by Gasteiger charge is 2.14. The molecule has 2 aromatic carbocycles. The van der Waals surface area contributed by atoms with Crippen molar-refractivity contribution in [3.8, 4) is 22.6 Å². The van der Waals surface area contributed by atoms with Crippen LogP contribution in [-0.4, -0.2) is 14.2 Å². The highest BCUT2D eigenvalue weighted by molar-refractivity contribution is 5.72. The fourth-order valence-electron chi connectivity index (χ4n) is 2.36. The predicted molar refractivity (Wildman–Crippen MR) is 79.1 cm³/mol. The van der Waals surface area contributed by atoms with Gasteiger partial charge in [-0.1, -0.05) is 38.1 Å². The van der Waals surface area contributed by atoms with Crippen molar-refractivity contribution in [3.63, 3.8) is 0 Å². The van der Waals surface area contributed by atoms with Crippen molar-refractivity contribution in [2.45, 2.75) is 19.8 Å². The lowest BCUT2D eigenvalue weighted by atomic mass is 9.91. The molecular weight excluding hydrogens is 236 g/mol. The van der Waals surface area contributed by atoms with Gasteiger partial charge in [0.05, 0.1) is 14.2 Å². The molecule has 0 N–H and O–H groups in total. The second-order valence-electron chi connectivity index (χ2n) is 4.81. The van der Waals surface area contributed by atoms with E-state index in [4.69, 9.17) is 9.47 Å². The zero-order chi connectivity index (χ0) is 13.8. The summed E-state index contributed by atoms with van der Waals surface area (Å²) < 4.78 is 10.8. The maximum atomic E-state index is 5.49. The van der Waals surface area contributed by atoms with Crippen LogP contribution >= 0.6 is 0 Å². The van der Waals surface area contributed by atoms with Gasteiger partial charge in [-0.2, -0.15) is 0 Å². The molecule has 19 heavy (non-hydrogen) atoms. The van der Waals surface area contributed by atoms with Crippen molar-refractivity contribution in [1.29, 1.82) is 0 Å². The minimum absolute atomic E-state index is 0.400. The average Bonchev–Trinajstić information content (AvgIpc) is 2.46. The molecule has 0 atom stereocenters. The second kappa shape index (κ2) is 5.79. The van der Waals surface area contributed by atoms with Gasteiger partial charge in [-0.25, -0.2) is 0 Å². The molecule has 0 bridgehead atoms. The van der Waals surface area contributed by atoms with Crippen molar-refractivity contribution in [3.05, 3.63) is 48.0 Å². The third-order valence-corrected chi connectivity index (χ3v) is 3.24. The molecule has 0 radical (unpaired) electrons. The van der Waals surface area contributed by atoms with Crippen molar-refractivity contribution >= 4 is 0 Å².